The molecule has 1 spiro atoms. The van der Waals surface area contributed by atoms with E-state index >= 15 is 0 Å². The Hall–Kier alpha value is -1.10. The second-order valence-corrected chi connectivity index (χ2v) is 11.6. The molecule has 1 aliphatic heterocycles. The molecule has 9 atom stereocenters. The molecule has 4 saturated carbocycles. The first-order valence-corrected chi connectivity index (χ1v) is 11.5. The van der Waals surface area contributed by atoms with Crippen LogP contribution in [0.2, 0.25) is 0 Å². The largest absolute Gasteiger partial charge is 0.465 e. The molecular weight excluding hydrogens is 368 g/mol. The normalized spacial score (nSPS) is 54.6. The van der Waals surface area contributed by atoms with Crippen molar-refractivity contribution in [1.29, 1.82) is 0 Å². The second kappa shape index (κ2) is 5.99. The van der Waals surface area contributed by atoms with Gasteiger partial charge in [0.05, 0.1) is 18.3 Å². The van der Waals surface area contributed by atoms with E-state index in [9.17, 15) is 9.59 Å². The molecule has 0 N–H and O–H groups in total. The monoisotopic (exact) mass is 404 g/mol. The van der Waals surface area contributed by atoms with E-state index in [1.807, 2.05) is 0 Å². The molecule has 1 saturated heterocycles. The van der Waals surface area contributed by atoms with E-state index in [1.54, 1.807) is 6.92 Å². The molecule has 0 radical (unpaired) electrons. The molecule has 5 heteroatoms. The van der Waals surface area contributed by atoms with Crippen molar-refractivity contribution in [2.75, 3.05) is 6.61 Å². The number of epoxide rings is 1. The first-order chi connectivity index (χ1) is 13.6. The molecule has 5 fully saturated rings. The van der Waals surface area contributed by atoms with Crippen molar-refractivity contribution in [2.45, 2.75) is 97.4 Å². The molecule has 162 valence electrons. The standard InChI is InChI=1S/C24H36O5/c1-14(25)27-13-21(3)8-6-9-22(4)18(21)7-10-24-12-16(23(5)20(24)29-23)11-17(19(22)24)28-15(2)26/h16-20H,6-13H2,1-5H3/t16?,17-,18?,19?,20?,21+,22+,23?,24?/m0/s1. The van der Waals surface area contributed by atoms with E-state index in [2.05, 4.69) is 20.8 Å². The summed E-state index contributed by atoms with van der Waals surface area (Å²) in [4.78, 5) is 23.6. The highest BCUT2D eigenvalue weighted by Gasteiger charge is 2.81. The number of carbonyl (C=O) groups is 2. The minimum Gasteiger partial charge on any atom is -0.465 e. The van der Waals surface area contributed by atoms with Crippen LogP contribution in [0.25, 0.3) is 0 Å². The third-order valence-electron chi connectivity index (χ3n) is 9.93. The van der Waals surface area contributed by atoms with Gasteiger partial charge in [0.15, 0.2) is 0 Å². The molecule has 0 aromatic heterocycles. The number of fused-ring (bicyclic) bond motifs is 5. The zero-order valence-electron chi connectivity index (χ0n) is 18.6. The summed E-state index contributed by atoms with van der Waals surface area (Å²) in [5.41, 5.74) is 0.201. The molecule has 0 aromatic rings. The van der Waals surface area contributed by atoms with Gasteiger partial charge < -0.3 is 14.2 Å². The highest BCUT2D eigenvalue weighted by Crippen LogP contribution is 2.78. The highest BCUT2D eigenvalue weighted by molar-refractivity contribution is 5.66. The number of hydrogen-bond donors (Lipinski definition) is 0. The predicted octanol–water partition coefficient (Wildman–Crippen LogP) is 4.27. The van der Waals surface area contributed by atoms with Crippen LogP contribution in [-0.4, -0.2) is 36.4 Å². The summed E-state index contributed by atoms with van der Waals surface area (Å²) in [6.45, 7) is 10.6. The Labute approximate surface area is 174 Å². The zero-order valence-corrected chi connectivity index (χ0v) is 18.6. The molecule has 4 aliphatic carbocycles. The number of ether oxygens (including phenoxy) is 3. The van der Waals surface area contributed by atoms with E-state index < -0.39 is 0 Å². The van der Waals surface area contributed by atoms with Crippen LogP contribution in [0.5, 0.6) is 0 Å². The molecule has 29 heavy (non-hydrogen) atoms. The Morgan fingerprint density at radius 1 is 1.07 bits per heavy atom. The summed E-state index contributed by atoms with van der Waals surface area (Å²) in [6.07, 6.45) is 8.15. The van der Waals surface area contributed by atoms with Crippen molar-refractivity contribution in [2.24, 2.45) is 34.0 Å². The second-order valence-electron chi connectivity index (χ2n) is 11.6. The van der Waals surface area contributed by atoms with Gasteiger partial charge in [-0.05, 0) is 62.7 Å². The molecule has 0 amide bonds. The van der Waals surface area contributed by atoms with E-state index in [0.717, 1.165) is 38.5 Å². The molecular formula is C24H36O5. The minimum atomic E-state index is -0.193. The molecule has 1 heterocycles. The van der Waals surface area contributed by atoms with Crippen molar-refractivity contribution < 1.29 is 23.8 Å². The van der Waals surface area contributed by atoms with Gasteiger partial charge in [0, 0.05) is 30.6 Å². The Balaban J connectivity index is 1.54. The average molecular weight is 405 g/mol. The highest BCUT2D eigenvalue weighted by atomic mass is 16.6. The smallest absolute Gasteiger partial charge is 0.302 e. The van der Waals surface area contributed by atoms with Crippen LogP contribution in [0.1, 0.15) is 79.6 Å². The number of carbonyl (C=O) groups excluding carboxylic acids is 2. The topological polar surface area (TPSA) is 65.1 Å². The van der Waals surface area contributed by atoms with E-state index in [0.29, 0.717) is 30.5 Å². The van der Waals surface area contributed by atoms with Crippen LogP contribution in [-0.2, 0) is 23.8 Å². The predicted molar refractivity (Wildman–Crippen MR) is 107 cm³/mol. The third-order valence-corrected chi connectivity index (χ3v) is 9.93. The fourth-order valence-corrected chi connectivity index (χ4v) is 9.10. The minimum absolute atomic E-state index is 0.00788. The SMILES string of the molecule is CC(=O)OC[C@@]1(C)CCC[C@@]2(C)C3[C@@H](OC(C)=O)CC4CC3(CCC12)C1OC41C. The lowest BCUT2D eigenvalue weighted by atomic mass is 9.40. The quantitative estimate of drug-likeness (QED) is 0.519. The van der Waals surface area contributed by atoms with Gasteiger partial charge in [0.1, 0.15) is 6.10 Å². The maximum Gasteiger partial charge on any atom is 0.302 e. The van der Waals surface area contributed by atoms with Gasteiger partial charge in [-0.3, -0.25) is 9.59 Å². The molecule has 6 unspecified atom stereocenters. The van der Waals surface area contributed by atoms with E-state index in [1.165, 1.54) is 13.3 Å². The van der Waals surface area contributed by atoms with Gasteiger partial charge in [-0.25, -0.2) is 0 Å². The first kappa shape index (κ1) is 19.8. The van der Waals surface area contributed by atoms with E-state index in [-0.39, 0.29) is 39.9 Å². The summed E-state index contributed by atoms with van der Waals surface area (Å²) >= 11 is 0. The molecule has 5 rings (SSSR count). The Morgan fingerprint density at radius 2 is 1.83 bits per heavy atom. The summed E-state index contributed by atoms with van der Waals surface area (Å²) in [5.74, 6) is 0.959. The van der Waals surface area contributed by atoms with Crippen LogP contribution in [0.3, 0.4) is 0 Å². The lowest BCUT2D eigenvalue weighted by molar-refractivity contribution is -0.220. The van der Waals surface area contributed by atoms with Gasteiger partial charge in [-0.15, -0.1) is 0 Å². The average Bonchev–Trinajstić information content (AvgIpc) is 3.29. The van der Waals surface area contributed by atoms with Gasteiger partial charge in [0.25, 0.3) is 0 Å². The van der Waals surface area contributed by atoms with Gasteiger partial charge in [0.2, 0.25) is 0 Å². The van der Waals surface area contributed by atoms with Crippen molar-refractivity contribution >= 4 is 11.9 Å². The van der Waals surface area contributed by atoms with Crippen molar-refractivity contribution in [3.63, 3.8) is 0 Å². The maximum absolute atomic E-state index is 12.0. The van der Waals surface area contributed by atoms with Crippen molar-refractivity contribution in [3.05, 3.63) is 0 Å². The van der Waals surface area contributed by atoms with Crippen molar-refractivity contribution in [1.82, 2.24) is 0 Å². The Morgan fingerprint density at radius 3 is 2.52 bits per heavy atom. The fourth-order valence-electron chi connectivity index (χ4n) is 9.10. The third kappa shape index (κ3) is 2.55. The fraction of sp³-hybridized carbons (Fsp3) is 0.917. The van der Waals surface area contributed by atoms with Gasteiger partial charge in [-0.2, -0.15) is 0 Å². The number of rotatable bonds is 3. The summed E-state index contributed by atoms with van der Waals surface area (Å²) < 4.78 is 18.0. The van der Waals surface area contributed by atoms with Crippen LogP contribution in [0.4, 0.5) is 0 Å². The van der Waals surface area contributed by atoms with Crippen LogP contribution >= 0.6 is 0 Å². The van der Waals surface area contributed by atoms with Gasteiger partial charge >= 0.3 is 11.9 Å². The molecule has 5 aliphatic rings. The van der Waals surface area contributed by atoms with Gasteiger partial charge in [-0.1, -0.05) is 20.3 Å². The number of esters is 2. The molecule has 2 bridgehead atoms. The maximum atomic E-state index is 12.0. The lowest BCUT2D eigenvalue weighted by Crippen LogP contribution is -2.63. The summed E-state index contributed by atoms with van der Waals surface area (Å²) in [6, 6.07) is 0. The Kier molecular flexibility index (Phi) is 4.10. The molecule has 0 aromatic carbocycles. The number of hydrogen-bond acceptors (Lipinski definition) is 5. The molecule has 5 nitrogen and oxygen atoms in total. The van der Waals surface area contributed by atoms with E-state index in [4.69, 9.17) is 14.2 Å². The van der Waals surface area contributed by atoms with Crippen LogP contribution in [0.15, 0.2) is 0 Å². The first-order valence-electron chi connectivity index (χ1n) is 11.5. The lowest BCUT2D eigenvalue weighted by Gasteiger charge is -2.65. The summed E-state index contributed by atoms with van der Waals surface area (Å²) in [5, 5.41) is 0. The van der Waals surface area contributed by atoms with Crippen LogP contribution < -0.4 is 0 Å². The van der Waals surface area contributed by atoms with Crippen molar-refractivity contribution in [3.8, 4) is 0 Å². The summed E-state index contributed by atoms with van der Waals surface area (Å²) in [7, 11) is 0. The zero-order chi connectivity index (χ0) is 20.8. The van der Waals surface area contributed by atoms with Crippen LogP contribution in [0, 0.1) is 34.0 Å². The Bertz CT molecular complexity index is 750.